The molecule has 4 aromatic rings. The third-order valence-corrected chi connectivity index (χ3v) is 4.81. The fourth-order valence-corrected chi connectivity index (χ4v) is 3.77. The van der Waals surface area contributed by atoms with E-state index in [-0.39, 0.29) is 5.75 Å². The Morgan fingerprint density at radius 1 is 1.04 bits per heavy atom. The maximum Gasteiger partial charge on any atom is 0.380 e. The highest BCUT2D eigenvalue weighted by Crippen LogP contribution is 2.35. The van der Waals surface area contributed by atoms with Crippen molar-refractivity contribution in [3.8, 4) is 28.3 Å². The topological polar surface area (TPSA) is 86.7 Å². The summed E-state index contributed by atoms with van der Waals surface area (Å²) in [6.07, 6.45) is 1.96. The number of hydrogen-bond acceptors (Lipinski definition) is 5. The van der Waals surface area contributed by atoms with Gasteiger partial charge in [-0.1, -0.05) is 42.5 Å². The second-order valence-electron chi connectivity index (χ2n) is 5.33. The molecule has 0 aliphatic carbocycles. The second-order valence-corrected chi connectivity index (χ2v) is 7.36. The van der Waals surface area contributed by atoms with Gasteiger partial charge < -0.3 is 4.18 Å². The standard InChI is InChI=1S/C17H13N3O3S2/c18-25(21,22)23-14-8-4-7-13(11-14)15-16(12-5-2-1-3-6-12)20-9-10-24-17(20)19-15/h1-11H,(H2,18,21,22). The van der Waals surface area contributed by atoms with E-state index < -0.39 is 10.3 Å². The van der Waals surface area contributed by atoms with Gasteiger partial charge >= 0.3 is 10.3 Å². The van der Waals surface area contributed by atoms with Crippen molar-refractivity contribution in [2.75, 3.05) is 0 Å². The van der Waals surface area contributed by atoms with Crippen molar-refractivity contribution in [2.24, 2.45) is 5.14 Å². The van der Waals surface area contributed by atoms with Crippen LogP contribution in [0.3, 0.4) is 0 Å². The number of fused-ring (bicyclic) bond motifs is 1. The van der Waals surface area contributed by atoms with Crippen LogP contribution in [0.1, 0.15) is 0 Å². The van der Waals surface area contributed by atoms with Crippen LogP contribution in [-0.4, -0.2) is 17.8 Å². The van der Waals surface area contributed by atoms with Gasteiger partial charge in [-0.25, -0.2) is 4.98 Å². The van der Waals surface area contributed by atoms with Crippen LogP contribution in [0, 0.1) is 0 Å². The van der Waals surface area contributed by atoms with Gasteiger partial charge in [-0.05, 0) is 12.1 Å². The fourth-order valence-electron chi connectivity index (χ4n) is 2.69. The normalized spacial score (nSPS) is 11.7. The molecule has 0 fully saturated rings. The van der Waals surface area contributed by atoms with Crippen LogP contribution in [0.25, 0.3) is 27.5 Å². The molecule has 25 heavy (non-hydrogen) atoms. The minimum absolute atomic E-state index is 0.148. The molecule has 126 valence electrons. The van der Waals surface area contributed by atoms with Crippen molar-refractivity contribution in [1.82, 2.24) is 9.38 Å². The van der Waals surface area contributed by atoms with E-state index in [1.165, 1.54) is 17.4 Å². The smallest absolute Gasteiger partial charge is 0.371 e. The summed E-state index contributed by atoms with van der Waals surface area (Å²) in [5.74, 6) is 0.148. The van der Waals surface area contributed by atoms with E-state index in [9.17, 15) is 8.42 Å². The van der Waals surface area contributed by atoms with E-state index in [1.54, 1.807) is 12.1 Å². The van der Waals surface area contributed by atoms with Gasteiger partial charge in [0.2, 0.25) is 0 Å². The number of nitrogens with two attached hydrogens (primary N) is 1. The van der Waals surface area contributed by atoms with Crippen molar-refractivity contribution in [3.05, 3.63) is 66.2 Å². The number of imidazole rings is 1. The van der Waals surface area contributed by atoms with E-state index in [2.05, 4.69) is 0 Å². The second kappa shape index (κ2) is 5.99. The van der Waals surface area contributed by atoms with Crippen molar-refractivity contribution >= 4 is 26.6 Å². The average Bonchev–Trinajstić information content (AvgIpc) is 3.15. The van der Waals surface area contributed by atoms with Crippen LogP contribution in [0.15, 0.2) is 66.2 Å². The molecule has 0 radical (unpaired) electrons. The molecule has 0 saturated heterocycles. The molecule has 0 bridgehead atoms. The van der Waals surface area contributed by atoms with Crippen LogP contribution in [0.4, 0.5) is 0 Å². The first-order valence-electron chi connectivity index (χ1n) is 7.35. The summed E-state index contributed by atoms with van der Waals surface area (Å²) in [5, 5.41) is 6.93. The number of thiazole rings is 1. The number of nitrogens with zero attached hydrogens (tertiary/aromatic N) is 2. The summed E-state index contributed by atoms with van der Waals surface area (Å²) in [7, 11) is -4.08. The largest absolute Gasteiger partial charge is 0.380 e. The number of aromatic nitrogens is 2. The Balaban J connectivity index is 1.90. The Kier molecular flexibility index (Phi) is 3.79. The third kappa shape index (κ3) is 3.14. The van der Waals surface area contributed by atoms with E-state index in [0.29, 0.717) is 0 Å². The first-order chi connectivity index (χ1) is 12.0. The molecule has 2 aromatic heterocycles. The summed E-state index contributed by atoms with van der Waals surface area (Å²) in [6.45, 7) is 0. The quantitative estimate of drug-likeness (QED) is 0.596. The van der Waals surface area contributed by atoms with Crippen molar-refractivity contribution in [2.45, 2.75) is 0 Å². The molecular formula is C17H13N3O3S2. The van der Waals surface area contributed by atoms with Crippen molar-refractivity contribution in [3.63, 3.8) is 0 Å². The molecule has 2 N–H and O–H groups in total. The highest BCUT2D eigenvalue weighted by molar-refractivity contribution is 7.84. The van der Waals surface area contributed by atoms with Crippen molar-refractivity contribution in [1.29, 1.82) is 0 Å². The first kappa shape index (κ1) is 15.8. The van der Waals surface area contributed by atoms with E-state index in [1.807, 2.05) is 52.4 Å². The zero-order valence-electron chi connectivity index (χ0n) is 12.9. The minimum atomic E-state index is -4.08. The summed E-state index contributed by atoms with van der Waals surface area (Å²) in [6, 6.07) is 16.6. The van der Waals surface area contributed by atoms with Gasteiger partial charge in [0, 0.05) is 22.7 Å². The molecule has 0 aliphatic rings. The fraction of sp³-hybridized carbons (Fsp3) is 0. The molecule has 4 rings (SSSR count). The predicted octanol–water partition coefficient (Wildman–Crippen LogP) is 3.31. The average molecular weight is 371 g/mol. The minimum Gasteiger partial charge on any atom is -0.371 e. The summed E-state index contributed by atoms with van der Waals surface area (Å²) < 4.78 is 29.1. The molecular weight excluding hydrogens is 358 g/mol. The lowest BCUT2D eigenvalue weighted by Crippen LogP contribution is -2.18. The maximum absolute atomic E-state index is 11.2. The van der Waals surface area contributed by atoms with Gasteiger partial charge in [-0.15, -0.1) is 11.3 Å². The Morgan fingerprint density at radius 2 is 1.80 bits per heavy atom. The highest BCUT2D eigenvalue weighted by Gasteiger charge is 2.17. The lowest BCUT2D eigenvalue weighted by Gasteiger charge is -2.07. The molecule has 2 heterocycles. The molecule has 8 heteroatoms. The van der Waals surface area contributed by atoms with Crippen molar-refractivity contribution < 1.29 is 12.6 Å². The SMILES string of the molecule is NS(=O)(=O)Oc1cccc(-c2nc3sccn3c2-c2ccccc2)c1. The summed E-state index contributed by atoms with van der Waals surface area (Å²) in [4.78, 5) is 5.56. The zero-order chi connectivity index (χ0) is 17.4. The Hall–Kier alpha value is -2.68. The van der Waals surface area contributed by atoms with Crippen LogP contribution in [0.2, 0.25) is 0 Å². The maximum atomic E-state index is 11.2. The zero-order valence-corrected chi connectivity index (χ0v) is 14.5. The van der Waals surface area contributed by atoms with Crippen LogP contribution < -0.4 is 9.32 Å². The van der Waals surface area contributed by atoms with E-state index in [0.717, 1.165) is 27.5 Å². The lowest BCUT2D eigenvalue weighted by molar-refractivity contribution is 0.488. The summed E-state index contributed by atoms with van der Waals surface area (Å²) in [5.41, 5.74) is 3.44. The molecule has 6 nitrogen and oxygen atoms in total. The van der Waals surface area contributed by atoms with E-state index in [4.69, 9.17) is 14.3 Å². The molecule has 2 aromatic carbocycles. The highest BCUT2D eigenvalue weighted by atomic mass is 32.2. The predicted molar refractivity (Wildman–Crippen MR) is 97.7 cm³/mol. The molecule has 0 spiro atoms. The van der Waals surface area contributed by atoms with Gasteiger partial charge in [0.05, 0.1) is 11.4 Å². The van der Waals surface area contributed by atoms with E-state index >= 15 is 0 Å². The summed E-state index contributed by atoms with van der Waals surface area (Å²) >= 11 is 1.53. The Bertz CT molecular complexity index is 1150. The van der Waals surface area contributed by atoms with Gasteiger partial charge in [0.1, 0.15) is 5.75 Å². The van der Waals surface area contributed by atoms with Crippen LogP contribution in [-0.2, 0) is 10.3 Å². The molecule has 0 atom stereocenters. The number of rotatable bonds is 4. The Labute approximate surface area is 148 Å². The molecule has 0 aliphatic heterocycles. The number of hydrogen-bond donors (Lipinski definition) is 1. The molecule has 0 unspecified atom stereocenters. The monoisotopic (exact) mass is 371 g/mol. The first-order valence-corrected chi connectivity index (χ1v) is 9.70. The van der Waals surface area contributed by atoms with Crippen LogP contribution in [0.5, 0.6) is 5.75 Å². The Morgan fingerprint density at radius 3 is 2.56 bits per heavy atom. The van der Waals surface area contributed by atoms with Gasteiger partial charge in [-0.2, -0.15) is 13.6 Å². The molecule has 0 amide bonds. The van der Waals surface area contributed by atoms with Gasteiger partial charge in [-0.3, -0.25) is 4.40 Å². The third-order valence-electron chi connectivity index (χ3n) is 3.63. The van der Waals surface area contributed by atoms with Crippen LogP contribution >= 0.6 is 11.3 Å². The number of benzene rings is 2. The molecule has 0 saturated carbocycles. The lowest BCUT2D eigenvalue weighted by atomic mass is 10.0. The van der Waals surface area contributed by atoms with Gasteiger partial charge in [0.15, 0.2) is 4.96 Å². The van der Waals surface area contributed by atoms with Gasteiger partial charge in [0.25, 0.3) is 0 Å².